The monoisotopic (exact) mass is 246 g/mol. The van der Waals surface area contributed by atoms with Crippen molar-refractivity contribution in [2.75, 3.05) is 13.6 Å². The van der Waals surface area contributed by atoms with E-state index in [0.717, 1.165) is 12.1 Å². The van der Waals surface area contributed by atoms with Crippen molar-refractivity contribution in [2.24, 2.45) is 0 Å². The van der Waals surface area contributed by atoms with Crippen LogP contribution in [0.3, 0.4) is 0 Å². The van der Waals surface area contributed by atoms with Crippen LogP contribution >= 0.6 is 0 Å². The number of ether oxygens (including phenoxy) is 1. The Morgan fingerprint density at radius 2 is 2.11 bits per heavy atom. The molecule has 1 amide bonds. The Kier molecular flexibility index (Phi) is 5.75. The molecule has 96 valence electrons. The second-order valence-electron chi connectivity index (χ2n) is 3.86. The van der Waals surface area contributed by atoms with Crippen LogP contribution in [-0.4, -0.2) is 25.6 Å². The van der Waals surface area contributed by atoms with E-state index in [1.54, 1.807) is 6.92 Å². The summed E-state index contributed by atoms with van der Waals surface area (Å²) in [5, 5.41) is 5.64. The molecule has 1 aromatic rings. The van der Waals surface area contributed by atoms with Gasteiger partial charge in [0.1, 0.15) is 5.75 Å². The van der Waals surface area contributed by atoms with E-state index in [1.807, 2.05) is 31.3 Å². The summed E-state index contributed by atoms with van der Waals surface area (Å²) in [6, 6.07) is 7.60. The van der Waals surface area contributed by atoms with Gasteiger partial charge in [-0.15, -0.1) is 6.42 Å². The maximum Gasteiger partial charge on any atom is 0.261 e. The SMILES string of the molecule is C#CCNC(=O)C(C)Oc1ccc(CNC)cc1. The third kappa shape index (κ3) is 4.48. The van der Waals surface area contributed by atoms with Gasteiger partial charge in [0.05, 0.1) is 6.54 Å². The fourth-order valence-electron chi connectivity index (χ4n) is 1.43. The minimum Gasteiger partial charge on any atom is -0.481 e. The quantitative estimate of drug-likeness (QED) is 0.734. The molecule has 1 unspecified atom stereocenters. The van der Waals surface area contributed by atoms with Crippen molar-refractivity contribution >= 4 is 5.91 Å². The molecule has 0 saturated carbocycles. The highest BCUT2D eigenvalue weighted by Gasteiger charge is 2.13. The van der Waals surface area contributed by atoms with Gasteiger partial charge in [-0.05, 0) is 31.7 Å². The molecule has 0 aliphatic rings. The third-order valence-electron chi connectivity index (χ3n) is 2.35. The molecule has 4 nitrogen and oxygen atoms in total. The molecule has 1 rings (SSSR count). The van der Waals surface area contributed by atoms with E-state index >= 15 is 0 Å². The Morgan fingerprint density at radius 1 is 1.44 bits per heavy atom. The van der Waals surface area contributed by atoms with Crippen molar-refractivity contribution in [3.05, 3.63) is 29.8 Å². The highest BCUT2D eigenvalue weighted by Crippen LogP contribution is 2.13. The lowest BCUT2D eigenvalue weighted by atomic mass is 10.2. The van der Waals surface area contributed by atoms with E-state index in [9.17, 15) is 4.79 Å². The van der Waals surface area contributed by atoms with Crippen LogP contribution in [0.1, 0.15) is 12.5 Å². The third-order valence-corrected chi connectivity index (χ3v) is 2.35. The normalized spacial score (nSPS) is 11.4. The van der Waals surface area contributed by atoms with E-state index in [1.165, 1.54) is 0 Å². The molecule has 0 aliphatic carbocycles. The molecule has 1 aromatic carbocycles. The van der Waals surface area contributed by atoms with Crippen molar-refractivity contribution in [3.63, 3.8) is 0 Å². The molecule has 18 heavy (non-hydrogen) atoms. The van der Waals surface area contributed by atoms with Crippen LogP contribution < -0.4 is 15.4 Å². The molecule has 2 N–H and O–H groups in total. The molecule has 0 bridgehead atoms. The maximum atomic E-state index is 11.5. The topological polar surface area (TPSA) is 50.4 Å². The van der Waals surface area contributed by atoms with Gasteiger partial charge < -0.3 is 15.4 Å². The molecule has 0 radical (unpaired) electrons. The lowest BCUT2D eigenvalue weighted by Crippen LogP contribution is -2.36. The van der Waals surface area contributed by atoms with Crippen molar-refractivity contribution in [2.45, 2.75) is 19.6 Å². The summed E-state index contributed by atoms with van der Waals surface area (Å²) in [6.07, 6.45) is 4.50. The number of hydrogen-bond acceptors (Lipinski definition) is 3. The van der Waals surface area contributed by atoms with Crippen molar-refractivity contribution in [1.82, 2.24) is 10.6 Å². The average molecular weight is 246 g/mol. The van der Waals surface area contributed by atoms with Crippen LogP contribution in [0.5, 0.6) is 5.75 Å². The van der Waals surface area contributed by atoms with Crippen LogP contribution in [0, 0.1) is 12.3 Å². The predicted molar refractivity (Wildman–Crippen MR) is 71.1 cm³/mol. The first-order chi connectivity index (χ1) is 8.67. The predicted octanol–water partition coefficient (Wildman–Crippen LogP) is 0.923. The zero-order valence-corrected chi connectivity index (χ0v) is 10.7. The van der Waals surface area contributed by atoms with Gasteiger partial charge >= 0.3 is 0 Å². The van der Waals surface area contributed by atoms with E-state index < -0.39 is 6.10 Å². The molecule has 0 spiro atoms. The van der Waals surface area contributed by atoms with Gasteiger partial charge in [0.15, 0.2) is 6.10 Å². The van der Waals surface area contributed by atoms with Gasteiger partial charge in [-0.3, -0.25) is 4.79 Å². The van der Waals surface area contributed by atoms with Crippen LogP contribution in [0.25, 0.3) is 0 Å². The highest BCUT2D eigenvalue weighted by atomic mass is 16.5. The maximum absolute atomic E-state index is 11.5. The van der Waals surface area contributed by atoms with E-state index in [0.29, 0.717) is 5.75 Å². The Hall–Kier alpha value is -1.99. The van der Waals surface area contributed by atoms with Crippen molar-refractivity contribution in [3.8, 4) is 18.1 Å². The first-order valence-electron chi connectivity index (χ1n) is 5.78. The number of benzene rings is 1. The fraction of sp³-hybridized carbons (Fsp3) is 0.357. The molecule has 0 aromatic heterocycles. The Labute approximate surface area is 108 Å². The molecule has 0 fully saturated rings. The van der Waals surface area contributed by atoms with Crippen LogP contribution in [0.4, 0.5) is 0 Å². The minimum absolute atomic E-state index is 0.216. The van der Waals surface area contributed by atoms with Crippen molar-refractivity contribution < 1.29 is 9.53 Å². The van der Waals surface area contributed by atoms with Gasteiger partial charge in [0, 0.05) is 6.54 Å². The zero-order chi connectivity index (χ0) is 13.4. The summed E-state index contributed by atoms with van der Waals surface area (Å²) in [5.41, 5.74) is 1.16. The summed E-state index contributed by atoms with van der Waals surface area (Å²) in [7, 11) is 1.89. The summed E-state index contributed by atoms with van der Waals surface area (Å²) >= 11 is 0. The summed E-state index contributed by atoms with van der Waals surface area (Å²) in [5.74, 6) is 2.79. The number of carbonyl (C=O) groups excluding carboxylic acids is 1. The molecule has 0 saturated heterocycles. The molecule has 0 aliphatic heterocycles. The fourth-order valence-corrected chi connectivity index (χ4v) is 1.43. The van der Waals surface area contributed by atoms with E-state index in [4.69, 9.17) is 11.2 Å². The molecule has 4 heteroatoms. The molecular formula is C14H18N2O2. The van der Waals surface area contributed by atoms with Gasteiger partial charge in [-0.2, -0.15) is 0 Å². The average Bonchev–Trinajstić information content (AvgIpc) is 2.38. The minimum atomic E-state index is -0.562. The smallest absolute Gasteiger partial charge is 0.261 e. The molecule has 0 heterocycles. The standard InChI is InChI=1S/C14H18N2O2/c1-4-9-16-14(17)11(2)18-13-7-5-12(6-8-13)10-15-3/h1,5-8,11,15H,9-10H2,2-3H3,(H,16,17). The van der Waals surface area contributed by atoms with Gasteiger partial charge in [0.25, 0.3) is 5.91 Å². The van der Waals surface area contributed by atoms with Crippen LogP contribution in [0.15, 0.2) is 24.3 Å². The van der Waals surface area contributed by atoms with Crippen LogP contribution in [0.2, 0.25) is 0 Å². The Bertz CT molecular complexity index is 420. The zero-order valence-electron chi connectivity index (χ0n) is 10.7. The summed E-state index contributed by atoms with van der Waals surface area (Å²) in [4.78, 5) is 11.5. The number of nitrogens with one attached hydrogen (secondary N) is 2. The number of terminal acetylenes is 1. The largest absolute Gasteiger partial charge is 0.481 e. The number of amides is 1. The number of carbonyl (C=O) groups is 1. The summed E-state index contributed by atoms with van der Waals surface area (Å²) < 4.78 is 5.51. The number of rotatable bonds is 6. The molecular weight excluding hydrogens is 228 g/mol. The van der Waals surface area contributed by atoms with E-state index in [-0.39, 0.29) is 12.5 Å². The highest BCUT2D eigenvalue weighted by molar-refractivity contribution is 5.80. The Balaban J connectivity index is 2.51. The number of hydrogen-bond donors (Lipinski definition) is 2. The first-order valence-corrected chi connectivity index (χ1v) is 5.78. The first kappa shape index (κ1) is 14.1. The van der Waals surface area contributed by atoms with Gasteiger partial charge in [-0.1, -0.05) is 18.1 Å². The lowest BCUT2D eigenvalue weighted by Gasteiger charge is -2.14. The summed E-state index contributed by atoms with van der Waals surface area (Å²) in [6.45, 7) is 2.71. The van der Waals surface area contributed by atoms with E-state index in [2.05, 4.69) is 16.6 Å². The van der Waals surface area contributed by atoms with Crippen LogP contribution in [-0.2, 0) is 11.3 Å². The van der Waals surface area contributed by atoms with Gasteiger partial charge in [-0.25, -0.2) is 0 Å². The molecule has 1 atom stereocenters. The second-order valence-corrected chi connectivity index (χ2v) is 3.86. The second kappa shape index (κ2) is 7.36. The Morgan fingerprint density at radius 3 is 2.67 bits per heavy atom. The lowest BCUT2D eigenvalue weighted by molar-refractivity contribution is -0.126. The van der Waals surface area contributed by atoms with Gasteiger partial charge in [0.2, 0.25) is 0 Å². The van der Waals surface area contributed by atoms with Crippen molar-refractivity contribution in [1.29, 1.82) is 0 Å².